The van der Waals surface area contributed by atoms with Crippen molar-refractivity contribution in [1.82, 2.24) is 25.2 Å². The molecule has 4 aromatic rings. The topological polar surface area (TPSA) is 75.6 Å². The van der Waals surface area contributed by atoms with Gasteiger partial charge in [0.25, 0.3) is 0 Å². The summed E-state index contributed by atoms with van der Waals surface area (Å²) in [4.78, 5) is 19.4. The molecule has 238 valence electrons. The van der Waals surface area contributed by atoms with E-state index in [4.69, 9.17) is 30.8 Å². The Balaban J connectivity index is 1.18. The van der Waals surface area contributed by atoms with Crippen LogP contribution in [0.25, 0.3) is 32.9 Å². The summed E-state index contributed by atoms with van der Waals surface area (Å²) in [5, 5.41) is 5.27. The Morgan fingerprint density at radius 2 is 2.04 bits per heavy atom. The van der Waals surface area contributed by atoms with Crippen LogP contribution in [0.1, 0.15) is 38.2 Å². The summed E-state index contributed by atoms with van der Waals surface area (Å²) in [5.74, 6) is 3.38. The smallest absolute Gasteiger partial charge is 0.319 e. The van der Waals surface area contributed by atoms with Crippen LogP contribution in [0.4, 0.5) is 14.6 Å². The number of piperazine rings is 1. The third kappa shape index (κ3) is 3.84. The zero-order valence-corrected chi connectivity index (χ0v) is 26.1. The van der Waals surface area contributed by atoms with Gasteiger partial charge in [-0.15, -0.1) is 6.42 Å². The van der Waals surface area contributed by atoms with Crippen molar-refractivity contribution in [2.24, 2.45) is 11.8 Å². The van der Waals surface area contributed by atoms with E-state index in [2.05, 4.69) is 27.6 Å². The Morgan fingerprint density at radius 3 is 2.91 bits per heavy atom. The molecule has 7 atom stereocenters. The second-order valence-electron chi connectivity index (χ2n) is 14.4. The number of anilines is 1. The molecular formula is C37H34F2N6O2. The summed E-state index contributed by atoms with van der Waals surface area (Å²) in [6, 6.07) is 8.88. The zero-order chi connectivity index (χ0) is 31.8. The van der Waals surface area contributed by atoms with Crippen LogP contribution in [0.2, 0.25) is 0 Å². The Morgan fingerprint density at radius 1 is 1.15 bits per heavy atom. The maximum absolute atomic E-state index is 17.2. The fourth-order valence-corrected chi connectivity index (χ4v) is 9.69. The molecule has 2 aromatic carbocycles. The number of ether oxygens (including phenoxy) is 2. The standard InChI is InChI=1S/C37H34F2N6O2/c1-4-23-26(38)10-8-20-6-5-7-24(28(20)23)31-30(39)32-29-34(45-16-22-9-11-27(40-22)33(45)19(3)47-35(29)41-31)43-36(42-32)46-17-37-13-18(2)14-44(37)15-21-12-25(21)37/h1,5-8,10,19,21-22,25,27,33,40H,2,9,11-17H2,3H3/t19-,21-,22+,25-,27-,33+,37?/m0/s1. The van der Waals surface area contributed by atoms with E-state index >= 15 is 4.39 Å². The second kappa shape index (κ2) is 9.61. The van der Waals surface area contributed by atoms with Gasteiger partial charge in [0.1, 0.15) is 40.9 Å². The molecule has 0 radical (unpaired) electrons. The number of benzene rings is 2. The lowest BCUT2D eigenvalue weighted by atomic mass is 9.91. The highest BCUT2D eigenvalue weighted by atomic mass is 19.1. The Kier molecular flexibility index (Phi) is 5.68. The predicted molar refractivity (Wildman–Crippen MR) is 174 cm³/mol. The largest absolute Gasteiger partial charge is 0.472 e. The number of halogens is 2. The minimum Gasteiger partial charge on any atom is -0.472 e. The molecule has 1 saturated carbocycles. The zero-order valence-electron chi connectivity index (χ0n) is 26.1. The van der Waals surface area contributed by atoms with Crippen molar-refractivity contribution in [2.75, 3.05) is 31.1 Å². The van der Waals surface area contributed by atoms with E-state index in [1.165, 1.54) is 18.1 Å². The molecule has 1 N–H and O–H groups in total. The summed E-state index contributed by atoms with van der Waals surface area (Å²) in [7, 11) is 0. The molecule has 1 unspecified atom stereocenters. The van der Waals surface area contributed by atoms with Gasteiger partial charge in [0.05, 0.1) is 17.1 Å². The molecule has 0 spiro atoms. The van der Waals surface area contributed by atoms with Crippen LogP contribution < -0.4 is 19.7 Å². The van der Waals surface area contributed by atoms with Gasteiger partial charge in [-0.2, -0.15) is 9.97 Å². The van der Waals surface area contributed by atoms with Crippen LogP contribution in [0.3, 0.4) is 0 Å². The van der Waals surface area contributed by atoms with E-state index in [1.807, 2.05) is 13.0 Å². The average molecular weight is 633 g/mol. The average Bonchev–Trinajstić information content (AvgIpc) is 3.54. The van der Waals surface area contributed by atoms with Gasteiger partial charge in [0.15, 0.2) is 5.82 Å². The molecule has 10 rings (SSSR count). The molecule has 8 nitrogen and oxygen atoms in total. The lowest BCUT2D eigenvalue weighted by Crippen LogP contribution is -2.62. The lowest BCUT2D eigenvalue weighted by Gasteiger charge is -2.42. The molecule has 0 amide bonds. The maximum atomic E-state index is 17.2. The molecular weight excluding hydrogens is 598 g/mol. The number of terminal acetylenes is 1. The fraction of sp³-hybridized carbons (Fsp3) is 0.432. The third-order valence-electron chi connectivity index (χ3n) is 11.7. The van der Waals surface area contributed by atoms with Gasteiger partial charge in [0.2, 0.25) is 5.88 Å². The predicted octanol–water partition coefficient (Wildman–Crippen LogP) is 5.22. The summed E-state index contributed by atoms with van der Waals surface area (Å²) in [5.41, 5.74) is 1.60. The first kappa shape index (κ1) is 27.8. The molecule has 5 aliphatic heterocycles. The van der Waals surface area contributed by atoms with Crippen molar-refractivity contribution in [3.05, 3.63) is 59.7 Å². The van der Waals surface area contributed by atoms with E-state index in [0.29, 0.717) is 58.6 Å². The summed E-state index contributed by atoms with van der Waals surface area (Å²) in [6.07, 6.45) is 9.67. The Hall–Kier alpha value is -4.33. The number of hydrogen-bond donors (Lipinski definition) is 1. The van der Waals surface area contributed by atoms with Crippen molar-refractivity contribution in [3.63, 3.8) is 0 Å². The number of fused-ring (bicyclic) bond motifs is 9. The van der Waals surface area contributed by atoms with Gasteiger partial charge >= 0.3 is 6.01 Å². The van der Waals surface area contributed by atoms with Crippen molar-refractivity contribution < 1.29 is 18.3 Å². The van der Waals surface area contributed by atoms with Crippen LogP contribution in [-0.4, -0.2) is 75.9 Å². The quantitative estimate of drug-likeness (QED) is 0.243. The van der Waals surface area contributed by atoms with Crippen molar-refractivity contribution in [1.29, 1.82) is 0 Å². The number of piperidine rings is 1. The van der Waals surface area contributed by atoms with Crippen LogP contribution in [-0.2, 0) is 0 Å². The Bertz CT molecular complexity index is 2100. The molecule has 47 heavy (non-hydrogen) atoms. The van der Waals surface area contributed by atoms with E-state index in [9.17, 15) is 4.39 Å². The number of nitrogens with zero attached hydrogens (tertiary/aromatic N) is 5. The molecule has 7 heterocycles. The minimum absolute atomic E-state index is 0.00371. The number of rotatable bonds is 4. The van der Waals surface area contributed by atoms with Crippen molar-refractivity contribution >= 4 is 27.5 Å². The number of aromatic nitrogens is 3. The van der Waals surface area contributed by atoms with Gasteiger partial charge in [0, 0.05) is 42.7 Å². The molecule has 4 saturated heterocycles. The maximum Gasteiger partial charge on any atom is 0.319 e. The molecule has 1 aliphatic carbocycles. The highest BCUT2D eigenvalue weighted by Gasteiger charge is 2.64. The normalized spacial score (nSPS) is 31.7. The van der Waals surface area contributed by atoms with Gasteiger partial charge in [-0.05, 0) is 55.9 Å². The van der Waals surface area contributed by atoms with Gasteiger partial charge in [-0.1, -0.05) is 42.3 Å². The highest BCUT2D eigenvalue weighted by Crippen LogP contribution is 2.60. The molecule has 2 bridgehead atoms. The van der Waals surface area contributed by atoms with E-state index < -0.39 is 11.6 Å². The third-order valence-corrected chi connectivity index (χ3v) is 11.7. The molecule has 5 fully saturated rings. The fourth-order valence-electron chi connectivity index (χ4n) is 9.69. The van der Waals surface area contributed by atoms with Gasteiger partial charge in [-0.25, -0.2) is 13.8 Å². The van der Waals surface area contributed by atoms with Crippen LogP contribution >= 0.6 is 0 Å². The van der Waals surface area contributed by atoms with Crippen molar-refractivity contribution in [3.8, 4) is 35.5 Å². The molecule has 10 heteroatoms. The first-order valence-corrected chi connectivity index (χ1v) is 16.7. The second-order valence-corrected chi connectivity index (χ2v) is 14.4. The summed E-state index contributed by atoms with van der Waals surface area (Å²) >= 11 is 0. The van der Waals surface area contributed by atoms with Crippen LogP contribution in [0.15, 0.2) is 42.5 Å². The van der Waals surface area contributed by atoms with Gasteiger partial charge in [-0.3, -0.25) is 4.90 Å². The minimum atomic E-state index is -0.651. The van der Waals surface area contributed by atoms with Gasteiger partial charge < -0.3 is 19.7 Å². The highest BCUT2D eigenvalue weighted by molar-refractivity contribution is 6.03. The van der Waals surface area contributed by atoms with E-state index in [0.717, 1.165) is 32.4 Å². The van der Waals surface area contributed by atoms with Crippen LogP contribution in [0, 0.1) is 35.8 Å². The number of nitrogens with one attached hydrogen (secondary N) is 1. The number of pyridine rings is 1. The lowest BCUT2D eigenvalue weighted by molar-refractivity contribution is 0.0830. The first-order valence-electron chi connectivity index (χ1n) is 16.7. The Labute approximate surface area is 271 Å². The molecule has 2 aromatic heterocycles. The van der Waals surface area contributed by atoms with E-state index in [-0.39, 0.29) is 52.4 Å². The van der Waals surface area contributed by atoms with E-state index in [1.54, 1.807) is 18.2 Å². The summed E-state index contributed by atoms with van der Waals surface area (Å²) < 4.78 is 45.3. The van der Waals surface area contributed by atoms with Crippen LogP contribution in [0.5, 0.6) is 11.9 Å². The monoisotopic (exact) mass is 632 g/mol. The van der Waals surface area contributed by atoms with Crippen molar-refractivity contribution in [2.45, 2.75) is 62.4 Å². The SMILES string of the molecule is C#Cc1c(F)ccc2cccc(-c3nc4c5c(nc(OCC67CC(=C)CN6C[C@@H]6C[C@@H]67)nc5c3F)N3C[C@H]5CC[C@H](N5)[C@H]3[C@H](C)O4)c12. The number of hydrogen-bond acceptors (Lipinski definition) is 8. The summed E-state index contributed by atoms with van der Waals surface area (Å²) in [6.45, 7) is 9.41. The molecule has 6 aliphatic rings. The first-order chi connectivity index (χ1) is 22.8.